The molecule has 3 aromatic carbocycles. The highest BCUT2D eigenvalue weighted by atomic mass is 32.1. The van der Waals surface area contributed by atoms with Crippen molar-refractivity contribution in [1.29, 1.82) is 0 Å². The van der Waals surface area contributed by atoms with E-state index in [4.69, 9.17) is 4.74 Å². The third-order valence-corrected chi connectivity index (χ3v) is 6.05. The normalized spacial score (nSPS) is 11.2. The van der Waals surface area contributed by atoms with Crippen molar-refractivity contribution in [1.82, 2.24) is 5.32 Å². The lowest BCUT2D eigenvalue weighted by atomic mass is 10.1. The van der Waals surface area contributed by atoms with Crippen LogP contribution in [0.3, 0.4) is 0 Å². The molecule has 0 saturated carbocycles. The molecule has 0 radical (unpaired) electrons. The predicted octanol–water partition coefficient (Wildman–Crippen LogP) is 6.06. The molecule has 4 rings (SSSR count). The largest absolute Gasteiger partial charge is 0.497 e. The Balaban J connectivity index is 1.44. The second-order valence-electron chi connectivity index (χ2n) is 7.94. The number of methoxy groups -OCH3 is 1. The van der Waals surface area contributed by atoms with Crippen LogP contribution in [0.1, 0.15) is 31.8 Å². The van der Waals surface area contributed by atoms with Gasteiger partial charge in [0.2, 0.25) is 0 Å². The zero-order valence-electron chi connectivity index (χ0n) is 20.0. The smallest absolute Gasteiger partial charge is 0.272 e. The number of carbonyl (C=O) groups excluding carboxylic acids is 3. The highest BCUT2D eigenvalue weighted by molar-refractivity contribution is 7.08. The molecule has 0 saturated heterocycles. The van der Waals surface area contributed by atoms with E-state index in [-0.39, 0.29) is 17.4 Å². The van der Waals surface area contributed by atoms with Crippen molar-refractivity contribution in [2.24, 2.45) is 0 Å². The fourth-order valence-electron chi connectivity index (χ4n) is 3.37. The minimum Gasteiger partial charge on any atom is -0.497 e. The highest BCUT2D eigenvalue weighted by Crippen LogP contribution is 2.16. The van der Waals surface area contributed by atoms with Crippen LogP contribution in [0.2, 0.25) is 0 Å². The number of ether oxygens (including phenoxy) is 1. The molecule has 0 aliphatic carbocycles. The van der Waals surface area contributed by atoms with Crippen molar-refractivity contribution in [3.8, 4) is 5.75 Å². The molecule has 0 fully saturated rings. The molecule has 1 heterocycles. The Morgan fingerprint density at radius 3 is 2.19 bits per heavy atom. The van der Waals surface area contributed by atoms with E-state index in [0.717, 1.165) is 16.9 Å². The van der Waals surface area contributed by atoms with Crippen molar-refractivity contribution < 1.29 is 19.1 Å². The lowest BCUT2D eigenvalue weighted by molar-refractivity contribution is -0.113. The predicted molar refractivity (Wildman–Crippen MR) is 148 cm³/mol. The van der Waals surface area contributed by atoms with Crippen LogP contribution in [0.5, 0.6) is 5.75 Å². The van der Waals surface area contributed by atoms with Gasteiger partial charge in [0.05, 0.1) is 7.11 Å². The number of hydrogen-bond donors (Lipinski definition) is 2. The van der Waals surface area contributed by atoms with Crippen molar-refractivity contribution in [3.63, 3.8) is 0 Å². The molecular weight excluding hydrogens is 484 g/mol. The number of benzene rings is 3. The van der Waals surface area contributed by atoms with E-state index in [1.807, 2.05) is 47.2 Å². The van der Waals surface area contributed by atoms with Crippen molar-refractivity contribution >= 4 is 46.8 Å². The van der Waals surface area contributed by atoms with Gasteiger partial charge in [-0.3, -0.25) is 14.4 Å². The Morgan fingerprint density at radius 2 is 1.54 bits per heavy atom. The van der Waals surface area contributed by atoms with E-state index < -0.39 is 5.91 Å². The number of allylic oxidation sites excluding steroid dienone is 1. The third kappa shape index (κ3) is 7.13. The summed E-state index contributed by atoms with van der Waals surface area (Å²) < 4.78 is 5.14. The van der Waals surface area contributed by atoms with E-state index in [1.54, 1.807) is 67.8 Å². The Hall–Kier alpha value is -4.75. The molecule has 0 bridgehead atoms. The first-order valence-corrected chi connectivity index (χ1v) is 12.3. The molecule has 1 aromatic heterocycles. The summed E-state index contributed by atoms with van der Waals surface area (Å²) in [5.41, 5.74) is 3.19. The molecule has 6 nitrogen and oxygen atoms in total. The molecule has 0 atom stereocenters. The van der Waals surface area contributed by atoms with Gasteiger partial charge < -0.3 is 15.4 Å². The van der Waals surface area contributed by atoms with Crippen LogP contribution in [0, 0.1) is 0 Å². The van der Waals surface area contributed by atoms with Crippen LogP contribution in [-0.2, 0) is 4.79 Å². The summed E-state index contributed by atoms with van der Waals surface area (Å²) in [4.78, 5) is 38.3. The Bertz CT molecular complexity index is 1420. The fourth-order valence-corrected chi connectivity index (χ4v) is 3.98. The Labute approximate surface area is 218 Å². The summed E-state index contributed by atoms with van der Waals surface area (Å²) in [7, 11) is 1.60. The van der Waals surface area contributed by atoms with Gasteiger partial charge in [-0.25, -0.2) is 0 Å². The molecule has 184 valence electrons. The van der Waals surface area contributed by atoms with Crippen LogP contribution < -0.4 is 15.4 Å². The van der Waals surface area contributed by atoms with Crippen LogP contribution in [0.25, 0.3) is 12.2 Å². The van der Waals surface area contributed by atoms with E-state index in [0.29, 0.717) is 16.8 Å². The van der Waals surface area contributed by atoms with Gasteiger partial charge in [-0.2, -0.15) is 11.3 Å². The average molecular weight is 509 g/mol. The van der Waals surface area contributed by atoms with Gasteiger partial charge in [0, 0.05) is 16.8 Å². The number of hydrogen-bond acceptors (Lipinski definition) is 5. The SMILES string of the molecule is COc1ccc(/C=C/C(=O)c2ccc(NC(=O)/C(=C/c3ccsc3)NC(=O)c3ccccc3)cc2)cc1. The molecule has 4 aromatic rings. The molecule has 0 aliphatic heterocycles. The van der Waals surface area contributed by atoms with Gasteiger partial charge in [0.1, 0.15) is 11.4 Å². The summed E-state index contributed by atoms with van der Waals surface area (Å²) >= 11 is 1.49. The summed E-state index contributed by atoms with van der Waals surface area (Å²) in [6, 6.07) is 24.5. The molecule has 0 unspecified atom stereocenters. The Morgan fingerprint density at radius 1 is 0.811 bits per heavy atom. The van der Waals surface area contributed by atoms with Crippen LogP contribution in [-0.4, -0.2) is 24.7 Å². The van der Waals surface area contributed by atoms with Crippen molar-refractivity contribution in [3.05, 3.63) is 130 Å². The maximum Gasteiger partial charge on any atom is 0.272 e. The number of rotatable bonds is 9. The maximum absolute atomic E-state index is 13.1. The van der Waals surface area contributed by atoms with Crippen molar-refractivity contribution in [2.45, 2.75) is 0 Å². The Kier molecular flexibility index (Phi) is 8.41. The van der Waals surface area contributed by atoms with Crippen molar-refractivity contribution in [2.75, 3.05) is 12.4 Å². The summed E-state index contributed by atoms with van der Waals surface area (Å²) in [5.74, 6) is -0.285. The fraction of sp³-hybridized carbons (Fsp3) is 0.0333. The molecular formula is C30H24N2O4S. The van der Waals surface area contributed by atoms with E-state index in [9.17, 15) is 14.4 Å². The molecule has 0 spiro atoms. The summed E-state index contributed by atoms with van der Waals surface area (Å²) in [6.45, 7) is 0. The number of thiophene rings is 1. The molecule has 2 amide bonds. The van der Waals surface area contributed by atoms with E-state index in [1.165, 1.54) is 17.4 Å². The van der Waals surface area contributed by atoms with Crippen LogP contribution >= 0.6 is 11.3 Å². The van der Waals surface area contributed by atoms with Gasteiger partial charge >= 0.3 is 0 Å². The monoisotopic (exact) mass is 508 g/mol. The van der Waals surface area contributed by atoms with Crippen LogP contribution in [0.15, 0.2) is 107 Å². The zero-order valence-corrected chi connectivity index (χ0v) is 20.8. The van der Waals surface area contributed by atoms with Gasteiger partial charge in [0.25, 0.3) is 11.8 Å². The summed E-state index contributed by atoms with van der Waals surface area (Å²) in [6.07, 6.45) is 4.85. The van der Waals surface area contributed by atoms with Crippen LogP contribution in [0.4, 0.5) is 5.69 Å². The first-order chi connectivity index (χ1) is 18.0. The summed E-state index contributed by atoms with van der Waals surface area (Å²) in [5, 5.41) is 9.26. The highest BCUT2D eigenvalue weighted by Gasteiger charge is 2.15. The number of ketones is 1. The maximum atomic E-state index is 13.1. The average Bonchev–Trinajstić information content (AvgIpc) is 3.45. The first kappa shape index (κ1) is 25.3. The number of amides is 2. The second kappa shape index (κ2) is 12.3. The van der Waals surface area contributed by atoms with Gasteiger partial charge in [-0.15, -0.1) is 0 Å². The van der Waals surface area contributed by atoms with Gasteiger partial charge in [0.15, 0.2) is 5.78 Å². The minimum absolute atomic E-state index is 0.106. The second-order valence-corrected chi connectivity index (χ2v) is 8.72. The molecule has 37 heavy (non-hydrogen) atoms. The van der Waals surface area contributed by atoms with Gasteiger partial charge in [-0.1, -0.05) is 36.4 Å². The molecule has 2 N–H and O–H groups in total. The van der Waals surface area contributed by atoms with E-state index in [2.05, 4.69) is 10.6 Å². The first-order valence-electron chi connectivity index (χ1n) is 11.4. The lowest BCUT2D eigenvalue weighted by Gasteiger charge is -2.11. The number of nitrogens with one attached hydrogen (secondary N) is 2. The lowest BCUT2D eigenvalue weighted by Crippen LogP contribution is -2.30. The minimum atomic E-state index is -0.478. The number of anilines is 1. The standard InChI is InChI=1S/C30H24N2O4S/c1-36-26-14-7-21(8-15-26)9-16-28(33)23-10-12-25(13-11-23)31-30(35)27(19-22-17-18-37-20-22)32-29(34)24-5-3-2-4-6-24/h2-20H,1H3,(H,31,35)(H,32,34)/b16-9+,27-19-. The number of carbonyl (C=O) groups is 3. The topological polar surface area (TPSA) is 84.5 Å². The molecule has 7 heteroatoms. The van der Waals surface area contributed by atoms with Gasteiger partial charge in [-0.05, 0) is 88.6 Å². The van der Waals surface area contributed by atoms with E-state index >= 15 is 0 Å². The molecule has 0 aliphatic rings. The quantitative estimate of drug-likeness (QED) is 0.213. The zero-order chi connectivity index (χ0) is 26.0. The third-order valence-electron chi connectivity index (χ3n) is 5.35.